The molecule has 5 nitrogen and oxygen atoms in total. The first-order chi connectivity index (χ1) is 8.02. The van der Waals surface area contributed by atoms with E-state index >= 15 is 0 Å². The van der Waals surface area contributed by atoms with E-state index in [-0.39, 0.29) is 23.2 Å². The van der Waals surface area contributed by atoms with Crippen molar-refractivity contribution in [3.8, 4) is 0 Å². The summed E-state index contributed by atoms with van der Waals surface area (Å²) >= 11 is 5.61. The summed E-state index contributed by atoms with van der Waals surface area (Å²) in [5, 5.41) is 8.98. The molecule has 0 radical (unpaired) electrons. The van der Waals surface area contributed by atoms with Crippen molar-refractivity contribution in [1.29, 1.82) is 0 Å². The highest BCUT2D eigenvalue weighted by atomic mass is 35.5. The number of hydrogen-bond donors (Lipinski definition) is 1. The summed E-state index contributed by atoms with van der Waals surface area (Å²) in [4.78, 5) is 3.87. The molecule has 0 aliphatic rings. The Balaban J connectivity index is 2.95. The van der Waals surface area contributed by atoms with Crippen LogP contribution in [-0.4, -0.2) is 42.5 Å². The van der Waals surface area contributed by atoms with E-state index in [1.54, 1.807) is 6.92 Å². The lowest BCUT2D eigenvalue weighted by molar-refractivity contribution is 0.271. The van der Waals surface area contributed by atoms with Crippen LogP contribution in [0.15, 0.2) is 23.2 Å². The molecule has 1 heterocycles. The van der Waals surface area contributed by atoms with E-state index in [0.717, 1.165) is 0 Å². The second-order valence-electron chi connectivity index (χ2n) is 3.39. The third-order valence-corrected chi connectivity index (χ3v) is 4.44. The van der Waals surface area contributed by atoms with Crippen LogP contribution in [0.4, 0.5) is 0 Å². The summed E-state index contributed by atoms with van der Waals surface area (Å²) in [5.74, 6) is 0. The Morgan fingerprint density at radius 3 is 2.65 bits per heavy atom. The van der Waals surface area contributed by atoms with Crippen LogP contribution in [0.1, 0.15) is 13.3 Å². The van der Waals surface area contributed by atoms with Gasteiger partial charge in [-0.25, -0.2) is 13.4 Å². The minimum atomic E-state index is -3.54. The fourth-order valence-electron chi connectivity index (χ4n) is 1.36. The van der Waals surface area contributed by atoms with E-state index in [4.69, 9.17) is 16.7 Å². The van der Waals surface area contributed by atoms with E-state index < -0.39 is 10.0 Å². The maximum Gasteiger partial charge on any atom is 0.244 e. The first-order valence-electron chi connectivity index (χ1n) is 5.25. The van der Waals surface area contributed by atoms with Gasteiger partial charge in [0, 0.05) is 25.9 Å². The molecular weight excluding hydrogens is 264 g/mol. The van der Waals surface area contributed by atoms with E-state index in [0.29, 0.717) is 13.0 Å². The second-order valence-corrected chi connectivity index (χ2v) is 5.72. The molecule has 1 rings (SSSR count). The molecule has 0 saturated heterocycles. The van der Waals surface area contributed by atoms with E-state index in [1.807, 2.05) is 0 Å². The van der Waals surface area contributed by atoms with E-state index in [1.165, 1.54) is 22.6 Å². The Bertz CT molecular complexity index is 447. The molecule has 0 aliphatic carbocycles. The summed E-state index contributed by atoms with van der Waals surface area (Å²) in [7, 11) is -3.54. The third kappa shape index (κ3) is 3.64. The van der Waals surface area contributed by atoms with Crippen molar-refractivity contribution in [1.82, 2.24) is 9.29 Å². The number of aliphatic hydroxyl groups is 1. The van der Waals surface area contributed by atoms with Gasteiger partial charge in [0.2, 0.25) is 10.0 Å². The minimum Gasteiger partial charge on any atom is -0.396 e. The van der Waals surface area contributed by atoms with Gasteiger partial charge in [0.1, 0.15) is 10.0 Å². The molecule has 17 heavy (non-hydrogen) atoms. The Kier molecular flexibility index (Phi) is 5.32. The Morgan fingerprint density at radius 2 is 2.18 bits per heavy atom. The van der Waals surface area contributed by atoms with Gasteiger partial charge in [-0.1, -0.05) is 18.5 Å². The molecule has 0 fully saturated rings. The largest absolute Gasteiger partial charge is 0.396 e. The molecule has 0 saturated carbocycles. The van der Waals surface area contributed by atoms with Crippen molar-refractivity contribution >= 4 is 21.6 Å². The molecule has 7 heteroatoms. The van der Waals surface area contributed by atoms with E-state index in [2.05, 4.69) is 4.98 Å². The number of pyridine rings is 1. The van der Waals surface area contributed by atoms with Gasteiger partial charge in [-0.2, -0.15) is 4.31 Å². The fourth-order valence-corrected chi connectivity index (χ4v) is 2.90. The van der Waals surface area contributed by atoms with Crippen LogP contribution < -0.4 is 0 Å². The molecule has 1 aromatic rings. The first-order valence-corrected chi connectivity index (χ1v) is 7.06. The highest BCUT2D eigenvalue weighted by molar-refractivity contribution is 7.89. The Morgan fingerprint density at radius 1 is 1.47 bits per heavy atom. The number of sulfonamides is 1. The molecule has 0 aliphatic heterocycles. The topological polar surface area (TPSA) is 70.5 Å². The van der Waals surface area contributed by atoms with Crippen molar-refractivity contribution in [3.63, 3.8) is 0 Å². The lowest BCUT2D eigenvalue weighted by Gasteiger charge is -2.19. The summed E-state index contributed by atoms with van der Waals surface area (Å²) in [6, 6.07) is 2.86. The molecule has 0 spiro atoms. The SMILES string of the molecule is CCN(CCCO)S(=O)(=O)c1ccc(Cl)nc1. The van der Waals surface area contributed by atoms with Gasteiger partial charge in [-0.3, -0.25) is 0 Å². The molecule has 0 amide bonds. The van der Waals surface area contributed by atoms with Gasteiger partial charge in [-0.05, 0) is 18.6 Å². The molecule has 0 bridgehead atoms. The predicted molar refractivity (Wildman–Crippen MR) is 65.4 cm³/mol. The lowest BCUT2D eigenvalue weighted by atomic mass is 10.4. The first kappa shape index (κ1) is 14.4. The molecule has 0 atom stereocenters. The average molecular weight is 279 g/mol. The lowest BCUT2D eigenvalue weighted by Crippen LogP contribution is -2.32. The summed E-state index contributed by atoms with van der Waals surface area (Å²) < 4.78 is 25.6. The van der Waals surface area contributed by atoms with Crippen LogP contribution >= 0.6 is 11.6 Å². The molecular formula is C10H15ClN2O3S. The van der Waals surface area contributed by atoms with Crippen LogP contribution in [0.2, 0.25) is 5.15 Å². The Hall–Kier alpha value is -0.690. The van der Waals surface area contributed by atoms with Crippen molar-refractivity contribution in [3.05, 3.63) is 23.5 Å². The van der Waals surface area contributed by atoms with Crippen molar-refractivity contribution in [2.24, 2.45) is 0 Å². The average Bonchev–Trinajstić information content (AvgIpc) is 2.30. The minimum absolute atomic E-state index is 0.0368. The summed E-state index contributed by atoms with van der Waals surface area (Å²) in [5.41, 5.74) is 0. The number of aliphatic hydroxyl groups excluding tert-OH is 1. The van der Waals surface area contributed by atoms with Gasteiger partial charge in [-0.15, -0.1) is 0 Å². The number of halogens is 1. The van der Waals surface area contributed by atoms with Crippen molar-refractivity contribution in [2.75, 3.05) is 19.7 Å². The molecule has 0 aromatic carbocycles. The number of nitrogens with zero attached hydrogens (tertiary/aromatic N) is 2. The van der Waals surface area contributed by atoms with Gasteiger partial charge in [0.25, 0.3) is 0 Å². The molecule has 1 aromatic heterocycles. The van der Waals surface area contributed by atoms with Crippen LogP contribution in [0.5, 0.6) is 0 Å². The summed E-state index contributed by atoms with van der Waals surface area (Å²) in [6.07, 6.45) is 1.65. The number of hydrogen-bond acceptors (Lipinski definition) is 4. The van der Waals surface area contributed by atoms with Crippen LogP contribution in [0.25, 0.3) is 0 Å². The molecule has 96 valence electrons. The normalized spacial score (nSPS) is 12.0. The smallest absolute Gasteiger partial charge is 0.244 e. The predicted octanol–water partition coefficient (Wildman–Crippen LogP) is 1.13. The van der Waals surface area contributed by atoms with E-state index in [9.17, 15) is 8.42 Å². The highest BCUT2D eigenvalue weighted by Crippen LogP contribution is 2.16. The Labute approximate surface area is 106 Å². The zero-order valence-corrected chi connectivity index (χ0v) is 11.1. The fraction of sp³-hybridized carbons (Fsp3) is 0.500. The maximum absolute atomic E-state index is 12.1. The zero-order chi connectivity index (χ0) is 12.9. The molecule has 1 N–H and O–H groups in total. The zero-order valence-electron chi connectivity index (χ0n) is 9.50. The quantitative estimate of drug-likeness (QED) is 0.792. The number of rotatable bonds is 6. The number of aromatic nitrogens is 1. The maximum atomic E-state index is 12.1. The van der Waals surface area contributed by atoms with Gasteiger partial charge >= 0.3 is 0 Å². The van der Waals surface area contributed by atoms with Gasteiger partial charge in [0.05, 0.1) is 0 Å². The highest BCUT2D eigenvalue weighted by Gasteiger charge is 2.22. The van der Waals surface area contributed by atoms with Crippen molar-refractivity contribution in [2.45, 2.75) is 18.2 Å². The van der Waals surface area contributed by atoms with Crippen LogP contribution in [0, 0.1) is 0 Å². The van der Waals surface area contributed by atoms with Crippen LogP contribution in [0.3, 0.4) is 0 Å². The monoisotopic (exact) mass is 278 g/mol. The summed E-state index contributed by atoms with van der Waals surface area (Å²) in [6.45, 7) is 2.35. The van der Waals surface area contributed by atoms with Gasteiger partial charge in [0.15, 0.2) is 0 Å². The van der Waals surface area contributed by atoms with Crippen molar-refractivity contribution < 1.29 is 13.5 Å². The van der Waals surface area contributed by atoms with Gasteiger partial charge < -0.3 is 5.11 Å². The van der Waals surface area contributed by atoms with Crippen LogP contribution in [-0.2, 0) is 10.0 Å². The second kappa shape index (κ2) is 6.30. The standard InChI is InChI=1S/C10H15ClN2O3S/c1-2-13(6-3-7-14)17(15,16)9-4-5-10(11)12-8-9/h4-5,8,14H,2-3,6-7H2,1H3. The molecule has 0 unspecified atom stereocenters. The third-order valence-electron chi connectivity index (χ3n) is 2.26.